The van der Waals surface area contributed by atoms with Gasteiger partial charge in [-0.1, -0.05) is 13.0 Å². The summed E-state index contributed by atoms with van der Waals surface area (Å²) in [5.74, 6) is 1.40. The molecule has 1 aromatic rings. The molecule has 2 rings (SSSR count). The Bertz CT molecular complexity index is 417. The maximum Gasteiger partial charge on any atom is 0.146 e. The minimum atomic E-state index is -0.135. The molecule has 1 aliphatic rings. The highest BCUT2D eigenvalue weighted by molar-refractivity contribution is 5.48. The Hall–Kier alpha value is -1.09. The van der Waals surface area contributed by atoms with E-state index in [1.807, 2.05) is 31.0 Å². The molecule has 0 aromatic heterocycles. The molecule has 0 bridgehead atoms. The predicted octanol–water partition coefficient (Wildman–Crippen LogP) is 2.81. The molecule has 1 aliphatic carbocycles. The SMILES string of the molecule is CC(N)Cc1ccc(N(C)CC2CC2C)c(F)c1. The summed E-state index contributed by atoms with van der Waals surface area (Å²) in [4.78, 5) is 2.03. The lowest BCUT2D eigenvalue weighted by atomic mass is 10.1. The van der Waals surface area contributed by atoms with Gasteiger partial charge in [-0.05, 0) is 49.3 Å². The first kappa shape index (κ1) is 13.3. The standard InChI is InChI=1S/C15H23FN2/c1-10-6-13(10)9-18(3)15-5-4-12(7-11(2)17)8-14(15)16/h4-5,8,10-11,13H,6-7,9,17H2,1-3H3. The Morgan fingerprint density at radius 2 is 2.17 bits per heavy atom. The van der Waals surface area contributed by atoms with Crippen LogP contribution in [0.5, 0.6) is 0 Å². The molecule has 0 amide bonds. The van der Waals surface area contributed by atoms with Gasteiger partial charge in [0.25, 0.3) is 0 Å². The number of nitrogens with zero attached hydrogens (tertiary/aromatic N) is 1. The van der Waals surface area contributed by atoms with E-state index in [4.69, 9.17) is 5.73 Å². The predicted molar refractivity (Wildman–Crippen MR) is 74.3 cm³/mol. The number of halogens is 1. The average molecular weight is 250 g/mol. The van der Waals surface area contributed by atoms with Crippen molar-refractivity contribution >= 4 is 5.69 Å². The van der Waals surface area contributed by atoms with Gasteiger partial charge >= 0.3 is 0 Å². The van der Waals surface area contributed by atoms with Crippen molar-refractivity contribution < 1.29 is 4.39 Å². The molecule has 0 radical (unpaired) electrons. The highest BCUT2D eigenvalue weighted by atomic mass is 19.1. The van der Waals surface area contributed by atoms with Gasteiger partial charge in [0, 0.05) is 19.6 Å². The average Bonchev–Trinajstić information content (AvgIpc) is 2.92. The quantitative estimate of drug-likeness (QED) is 0.870. The van der Waals surface area contributed by atoms with E-state index in [0.29, 0.717) is 5.69 Å². The van der Waals surface area contributed by atoms with Crippen molar-refractivity contribution in [2.24, 2.45) is 17.6 Å². The molecule has 2 nitrogen and oxygen atoms in total. The minimum absolute atomic E-state index is 0.0697. The maximum absolute atomic E-state index is 14.0. The molecular formula is C15H23FN2. The molecule has 3 atom stereocenters. The summed E-state index contributed by atoms with van der Waals surface area (Å²) < 4.78 is 14.0. The van der Waals surface area contributed by atoms with Crippen LogP contribution in [0.4, 0.5) is 10.1 Å². The summed E-state index contributed by atoms with van der Waals surface area (Å²) in [5.41, 5.74) is 7.40. The topological polar surface area (TPSA) is 29.3 Å². The van der Waals surface area contributed by atoms with Crippen molar-refractivity contribution in [1.29, 1.82) is 0 Å². The summed E-state index contributed by atoms with van der Waals surface area (Å²) in [6, 6.07) is 5.54. The highest BCUT2D eigenvalue weighted by Crippen LogP contribution is 2.38. The lowest BCUT2D eigenvalue weighted by molar-refractivity contribution is 0.612. The van der Waals surface area contributed by atoms with Crippen LogP contribution in [-0.2, 0) is 6.42 Å². The van der Waals surface area contributed by atoms with Crippen LogP contribution in [0.25, 0.3) is 0 Å². The van der Waals surface area contributed by atoms with E-state index in [2.05, 4.69) is 6.92 Å². The zero-order chi connectivity index (χ0) is 13.3. The second-order valence-corrected chi connectivity index (χ2v) is 5.82. The van der Waals surface area contributed by atoms with Gasteiger partial charge in [-0.2, -0.15) is 0 Å². The van der Waals surface area contributed by atoms with Crippen LogP contribution in [0.15, 0.2) is 18.2 Å². The van der Waals surface area contributed by atoms with Gasteiger partial charge in [0.2, 0.25) is 0 Å². The summed E-state index contributed by atoms with van der Waals surface area (Å²) in [6.45, 7) is 5.14. The van der Waals surface area contributed by atoms with E-state index in [9.17, 15) is 4.39 Å². The molecule has 0 heterocycles. The van der Waals surface area contributed by atoms with Gasteiger partial charge < -0.3 is 10.6 Å². The van der Waals surface area contributed by atoms with Crippen molar-refractivity contribution in [2.45, 2.75) is 32.7 Å². The van der Waals surface area contributed by atoms with Crippen LogP contribution in [-0.4, -0.2) is 19.6 Å². The maximum atomic E-state index is 14.0. The summed E-state index contributed by atoms with van der Waals surface area (Å²) in [7, 11) is 1.97. The zero-order valence-corrected chi connectivity index (χ0v) is 11.5. The fourth-order valence-corrected chi connectivity index (χ4v) is 2.46. The first-order valence-corrected chi connectivity index (χ1v) is 6.72. The largest absolute Gasteiger partial charge is 0.372 e. The van der Waals surface area contributed by atoms with E-state index >= 15 is 0 Å². The van der Waals surface area contributed by atoms with E-state index in [1.165, 1.54) is 6.42 Å². The second-order valence-electron chi connectivity index (χ2n) is 5.82. The normalized spacial score (nSPS) is 23.8. The number of nitrogens with two attached hydrogens (primary N) is 1. The molecule has 1 aromatic carbocycles. The lowest BCUT2D eigenvalue weighted by Gasteiger charge is -2.20. The van der Waals surface area contributed by atoms with Crippen molar-refractivity contribution in [1.82, 2.24) is 0 Å². The second kappa shape index (κ2) is 5.27. The summed E-state index contributed by atoms with van der Waals surface area (Å²) >= 11 is 0. The number of benzene rings is 1. The van der Waals surface area contributed by atoms with Crippen molar-refractivity contribution in [3.8, 4) is 0 Å². The third-order valence-electron chi connectivity index (χ3n) is 3.77. The molecule has 100 valence electrons. The molecule has 0 saturated heterocycles. The number of rotatable bonds is 5. The first-order valence-electron chi connectivity index (χ1n) is 6.72. The number of anilines is 1. The van der Waals surface area contributed by atoms with Crippen LogP contribution in [0.3, 0.4) is 0 Å². The Kier molecular flexibility index (Phi) is 3.91. The van der Waals surface area contributed by atoms with E-state index < -0.39 is 0 Å². The van der Waals surface area contributed by atoms with Crippen LogP contribution < -0.4 is 10.6 Å². The molecule has 0 aliphatic heterocycles. The molecule has 3 heteroatoms. The summed E-state index contributed by atoms with van der Waals surface area (Å²) in [6.07, 6.45) is 2.00. The van der Waals surface area contributed by atoms with Crippen LogP contribution in [0.1, 0.15) is 25.8 Å². The van der Waals surface area contributed by atoms with Crippen LogP contribution in [0, 0.1) is 17.7 Å². The first-order chi connectivity index (χ1) is 8.47. The Balaban J connectivity index is 2.04. The lowest BCUT2D eigenvalue weighted by Crippen LogP contribution is -2.22. The van der Waals surface area contributed by atoms with Gasteiger partial charge in [-0.3, -0.25) is 0 Å². The van der Waals surface area contributed by atoms with Gasteiger partial charge in [0.15, 0.2) is 0 Å². The summed E-state index contributed by atoms with van der Waals surface area (Å²) in [5, 5.41) is 0. The van der Waals surface area contributed by atoms with Crippen molar-refractivity contribution in [2.75, 3.05) is 18.5 Å². The van der Waals surface area contributed by atoms with Crippen molar-refractivity contribution in [3.05, 3.63) is 29.6 Å². The highest BCUT2D eigenvalue weighted by Gasteiger charge is 2.33. The third-order valence-corrected chi connectivity index (χ3v) is 3.77. The molecule has 0 spiro atoms. The Labute approximate surface area is 109 Å². The van der Waals surface area contributed by atoms with Gasteiger partial charge in [-0.25, -0.2) is 4.39 Å². The number of hydrogen-bond acceptors (Lipinski definition) is 2. The Morgan fingerprint density at radius 1 is 1.50 bits per heavy atom. The van der Waals surface area contributed by atoms with Gasteiger partial charge in [0.1, 0.15) is 5.82 Å². The number of hydrogen-bond donors (Lipinski definition) is 1. The van der Waals surface area contributed by atoms with E-state index in [-0.39, 0.29) is 11.9 Å². The smallest absolute Gasteiger partial charge is 0.146 e. The van der Waals surface area contributed by atoms with E-state index in [1.54, 1.807) is 6.07 Å². The Morgan fingerprint density at radius 3 is 2.67 bits per heavy atom. The fraction of sp³-hybridized carbons (Fsp3) is 0.600. The van der Waals surface area contributed by atoms with Crippen LogP contribution in [0.2, 0.25) is 0 Å². The molecule has 18 heavy (non-hydrogen) atoms. The van der Waals surface area contributed by atoms with Crippen molar-refractivity contribution in [3.63, 3.8) is 0 Å². The van der Waals surface area contributed by atoms with Crippen LogP contribution >= 0.6 is 0 Å². The van der Waals surface area contributed by atoms with E-state index in [0.717, 1.165) is 30.4 Å². The molecule has 3 unspecified atom stereocenters. The minimum Gasteiger partial charge on any atom is -0.372 e. The molecule has 2 N–H and O–H groups in total. The molecular weight excluding hydrogens is 227 g/mol. The fourth-order valence-electron chi connectivity index (χ4n) is 2.46. The monoisotopic (exact) mass is 250 g/mol. The third kappa shape index (κ3) is 3.22. The molecule has 1 fully saturated rings. The van der Waals surface area contributed by atoms with Gasteiger partial charge in [-0.15, -0.1) is 0 Å². The molecule has 1 saturated carbocycles. The van der Waals surface area contributed by atoms with Gasteiger partial charge in [0.05, 0.1) is 5.69 Å². The zero-order valence-electron chi connectivity index (χ0n) is 11.5.